The van der Waals surface area contributed by atoms with Crippen molar-refractivity contribution in [2.75, 3.05) is 26.2 Å². The first-order valence-electron chi connectivity index (χ1n) is 5.98. The monoisotopic (exact) mass is 196 g/mol. The van der Waals surface area contributed by atoms with E-state index in [4.69, 9.17) is 0 Å². The smallest absolute Gasteiger partial charge is 0.00902 e. The summed E-state index contributed by atoms with van der Waals surface area (Å²) in [6.07, 6.45) is 0. The van der Waals surface area contributed by atoms with Gasteiger partial charge in [-0.25, -0.2) is 0 Å². The lowest BCUT2D eigenvalue weighted by Crippen LogP contribution is -2.38. The molecular formula is C12H24N2. The van der Waals surface area contributed by atoms with Crippen molar-refractivity contribution in [3.8, 4) is 0 Å². The standard InChI is InChI=1S/C12H24N2/c1-9(2)10(3)14-6-11-5-13-7-12(11,4)8-14/h9-11,13H,5-8H2,1-4H3/t10-,11+,12+/m0/s1. The van der Waals surface area contributed by atoms with E-state index in [1.54, 1.807) is 0 Å². The maximum Gasteiger partial charge on any atom is 0.00902 e. The Labute approximate surface area is 88.1 Å². The largest absolute Gasteiger partial charge is 0.316 e. The van der Waals surface area contributed by atoms with E-state index in [9.17, 15) is 0 Å². The van der Waals surface area contributed by atoms with Crippen molar-refractivity contribution in [2.24, 2.45) is 17.3 Å². The second kappa shape index (κ2) is 3.49. The third kappa shape index (κ3) is 1.59. The van der Waals surface area contributed by atoms with Crippen molar-refractivity contribution in [1.29, 1.82) is 0 Å². The van der Waals surface area contributed by atoms with Crippen molar-refractivity contribution in [1.82, 2.24) is 10.2 Å². The van der Waals surface area contributed by atoms with Crippen LogP contribution in [-0.2, 0) is 0 Å². The summed E-state index contributed by atoms with van der Waals surface area (Å²) in [4.78, 5) is 2.69. The molecule has 1 N–H and O–H groups in total. The van der Waals surface area contributed by atoms with Crippen molar-refractivity contribution in [2.45, 2.75) is 33.7 Å². The Morgan fingerprint density at radius 3 is 2.64 bits per heavy atom. The van der Waals surface area contributed by atoms with Gasteiger partial charge in [0.2, 0.25) is 0 Å². The van der Waals surface area contributed by atoms with Crippen molar-refractivity contribution in [3.63, 3.8) is 0 Å². The molecule has 2 heterocycles. The Morgan fingerprint density at radius 1 is 1.36 bits per heavy atom. The molecule has 2 rings (SSSR count). The van der Waals surface area contributed by atoms with Crippen LogP contribution in [0.3, 0.4) is 0 Å². The highest BCUT2D eigenvalue weighted by Crippen LogP contribution is 2.39. The molecule has 0 unspecified atom stereocenters. The number of likely N-dealkylation sites (tertiary alicyclic amines) is 1. The van der Waals surface area contributed by atoms with E-state index in [-0.39, 0.29) is 0 Å². The fourth-order valence-electron chi connectivity index (χ4n) is 2.94. The minimum absolute atomic E-state index is 0.559. The fourth-order valence-corrected chi connectivity index (χ4v) is 2.94. The van der Waals surface area contributed by atoms with Crippen LogP contribution in [0.1, 0.15) is 27.7 Å². The molecule has 14 heavy (non-hydrogen) atoms. The Bertz CT molecular complexity index is 214. The molecule has 0 saturated carbocycles. The van der Waals surface area contributed by atoms with E-state index in [1.165, 1.54) is 26.2 Å². The van der Waals surface area contributed by atoms with Gasteiger partial charge >= 0.3 is 0 Å². The quantitative estimate of drug-likeness (QED) is 0.721. The average molecular weight is 196 g/mol. The molecular weight excluding hydrogens is 172 g/mol. The van der Waals surface area contributed by atoms with Gasteiger partial charge in [-0.05, 0) is 30.7 Å². The Hall–Kier alpha value is -0.0800. The molecule has 0 radical (unpaired) electrons. The van der Waals surface area contributed by atoms with E-state index in [1.807, 2.05) is 0 Å². The minimum atomic E-state index is 0.559. The molecule has 0 aromatic carbocycles. The molecule has 0 bridgehead atoms. The zero-order valence-electron chi connectivity index (χ0n) is 10.0. The number of nitrogens with one attached hydrogen (secondary N) is 1. The summed E-state index contributed by atoms with van der Waals surface area (Å²) < 4.78 is 0. The Balaban J connectivity index is 2.01. The van der Waals surface area contributed by atoms with E-state index < -0.39 is 0 Å². The maximum atomic E-state index is 3.53. The van der Waals surface area contributed by atoms with Gasteiger partial charge in [0.15, 0.2) is 0 Å². The highest BCUT2D eigenvalue weighted by molar-refractivity contribution is 5.01. The molecule has 2 aliphatic heterocycles. The second-order valence-corrected chi connectivity index (χ2v) is 5.90. The molecule has 2 nitrogen and oxygen atoms in total. The van der Waals surface area contributed by atoms with Gasteiger partial charge in [-0.1, -0.05) is 20.8 Å². The molecule has 2 heteroatoms. The molecule has 2 saturated heterocycles. The summed E-state index contributed by atoms with van der Waals surface area (Å²) in [7, 11) is 0. The van der Waals surface area contributed by atoms with Crippen LogP contribution in [0.25, 0.3) is 0 Å². The van der Waals surface area contributed by atoms with E-state index in [0.717, 1.165) is 17.9 Å². The normalized spacial score (nSPS) is 40.5. The Kier molecular flexibility index (Phi) is 2.61. The predicted molar refractivity (Wildman–Crippen MR) is 60.3 cm³/mol. The topological polar surface area (TPSA) is 15.3 Å². The number of hydrogen-bond acceptors (Lipinski definition) is 2. The van der Waals surface area contributed by atoms with Crippen LogP contribution in [0.4, 0.5) is 0 Å². The molecule has 2 aliphatic rings. The van der Waals surface area contributed by atoms with E-state index >= 15 is 0 Å². The molecule has 0 aromatic rings. The van der Waals surface area contributed by atoms with Crippen LogP contribution in [-0.4, -0.2) is 37.1 Å². The third-order valence-electron chi connectivity index (χ3n) is 4.47. The van der Waals surface area contributed by atoms with Gasteiger partial charge < -0.3 is 5.32 Å². The first-order valence-corrected chi connectivity index (χ1v) is 5.98. The summed E-state index contributed by atoms with van der Waals surface area (Å²) in [5.74, 6) is 1.68. The predicted octanol–water partition coefficient (Wildman–Crippen LogP) is 1.57. The van der Waals surface area contributed by atoms with Crippen LogP contribution in [0.5, 0.6) is 0 Å². The SMILES string of the molecule is CC(C)[C@H](C)N1C[C@H]2CNC[C@]2(C)C1. The van der Waals surface area contributed by atoms with Crippen molar-refractivity contribution >= 4 is 0 Å². The molecule has 82 valence electrons. The van der Waals surface area contributed by atoms with Gasteiger partial charge in [-0.2, -0.15) is 0 Å². The van der Waals surface area contributed by atoms with Gasteiger partial charge in [-0.3, -0.25) is 4.90 Å². The lowest BCUT2D eigenvalue weighted by atomic mass is 9.83. The lowest BCUT2D eigenvalue weighted by Gasteiger charge is -2.29. The van der Waals surface area contributed by atoms with Crippen LogP contribution < -0.4 is 5.32 Å². The van der Waals surface area contributed by atoms with Crippen molar-refractivity contribution < 1.29 is 0 Å². The molecule has 2 fully saturated rings. The van der Waals surface area contributed by atoms with Gasteiger partial charge in [0, 0.05) is 25.7 Å². The van der Waals surface area contributed by atoms with E-state index in [0.29, 0.717) is 5.41 Å². The first-order chi connectivity index (χ1) is 6.53. The first kappa shape index (κ1) is 10.4. The minimum Gasteiger partial charge on any atom is -0.316 e. The highest BCUT2D eigenvalue weighted by Gasteiger charge is 2.47. The van der Waals surface area contributed by atoms with Crippen molar-refractivity contribution in [3.05, 3.63) is 0 Å². The summed E-state index contributed by atoms with van der Waals surface area (Å²) in [5, 5.41) is 3.53. The van der Waals surface area contributed by atoms with Crippen LogP contribution in [0, 0.1) is 17.3 Å². The lowest BCUT2D eigenvalue weighted by molar-refractivity contribution is 0.183. The molecule has 0 aliphatic carbocycles. The van der Waals surface area contributed by atoms with Gasteiger partial charge in [0.1, 0.15) is 0 Å². The summed E-state index contributed by atoms with van der Waals surface area (Å²) >= 11 is 0. The highest BCUT2D eigenvalue weighted by atomic mass is 15.2. The maximum absolute atomic E-state index is 3.53. The summed E-state index contributed by atoms with van der Waals surface area (Å²) in [6, 6.07) is 0.748. The molecule has 3 atom stereocenters. The van der Waals surface area contributed by atoms with Crippen LogP contribution in [0.2, 0.25) is 0 Å². The third-order valence-corrected chi connectivity index (χ3v) is 4.47. The second-order valence-electron chi connectivity index (χ2n) is 5.90. The Morgan fingerprint density at radius 2 is 2.07 bits per heavy atom. The van der Waals surface area contributed by atoms with Crippen LogP contribution >= 0.6 is 0 Å². The van der Waals surface area contributed by atoms with Crippen LogP contribution in [0.15, 0.2) is 0 Å². The molecule has 0 aromatic heterocycles. The molecule has 0 amide bonds. The number of fused-ring (bicyclic) bond motifs is 1. The van der Waals surface area contributed by atoms with Gasteiger partial charge in [0.25, 0.3) is 0 Å². The fraction of sp³-hybridized carbons (Fsp3) is 1.00. The zero-order valence-corrected chi connectivity index (χ0v) is 10.0. The van der Waals surface area contributed by atoms with Gasteiger partial charge in [-0.15, -0.1) is 0 Å². The zero-order chi connectivity index (χ0) is 10.3. The number of hydrogen-bond donors (Lipinski definition) is 1. The van der Waals surface area contributed by atoms with E-state index in [2.05, 4.69) is 37.9 Å². The summed E-state index contributed by atoms with van der Waals surface area (Å²) in [6.45, 7) is 14.6. The van der Waals surface area contributed by atoms with Gasteiger partial charge in [0.05, 0.1) is 0 Å². The summed E-state index contributed by atoms with van der Waals surface area (Å²) in [5.41, 5.74) is 0.559. The number of rotatable bonds is 2. The average Bonchev–Trinajstić information content (AvgIpc) is 2.57. The molecule has 0 spiro atoms. The number of nitrogens with zero attached hydrogens (tertiary/aromatic N) is 1.